The van der Waals surface area contributed by atoms with Gasteiger partial charge >= 0.3 is 0 Å². The first-order chi connectivity index (χ1) is 9.19. The van der Waals surface area contributed by atoms with Gasteiger partial charge in [0.1, 0.15) is 0 Å². The van der Waals surface area contributed by atoms with Crippen molar-refractivity contribution in [3.05, 3.63) is 50.1 Å². The van der Waals surface area contributed by atoms with Gasteiger partial charge in [-0.25, -0.2) is 0 Å². The highest BCUT2D eigenvalue weighted by Crippen LogP contribution is 2.37. The van der Waals surface area contributed by atoms with Gasteiger partial charge in [0.25, 0.3) is 0 Å². The van der Waals surface area contributed by atoms with Gasteiger partial charge in [-0.05, 0) is 54.1 Å². The highest BCUT2D eigenvalue weighted by atomic mass is 79.9. The average molecular weight is 337 g/mol. The molecule has 0 saturated carbocycles. The summed E-state index contributed by atoms with van der Waals surface area (Å²) in [7, 11) is 0. The van der Waals surface area contributed by atoms with Crippen LogP contribution >= 0.6 is 27.3 Å². The van der Waals surface area contributed by atoms with Crippen LogP contribution in [0.2, 0.25) is 0 Å². The summed E-state index contributed by atoms with van der Waals surface area (Å²) in [4.78, 5) is 4.01. The van der Waals surface area contributed by atoms with E-state index in [2.05, 4.69) is 57.4 Å². The fraction of sp³-hybridized carbons (Fsp3) is 0.333. The fourth-order valence-electron chi connectivity index (χ4n) is 2.78. The number of benzene rings is 1. The number of halogens is 1. The number of fused-ring (bicyclic) bond motifs is 1. The zero-order chi connectivity index (χ0) is 13.4. The number of nitrogens with zero attached hydrogens (tertiary/aromatic N) is 1. The molecule has 1 atom stereocenters. The summed E-state index contributed by atoms with van der Waals surface area (Å²) in [5.41, 5.74) is 9.69. The third-order valence-corrected chi connectivity index (χ3v) is 5.24. The Kier molecular flexibility index (Phi) is 3.65. The van der Waals surface area contributed by atoms with E-state index in [4.69, 9.17) is 5.73 Å². The van der Waals surface area contributed by atoms with Crippen LogP contribution in [0.4, 0.5) is 5.69 Å². The molecular formula is C15H17BrN2S. The second-order valence-corrected chi connectivity index (χ2v) is 6.86. The number of rotatable bonds is 2. The van der Waals surface area contributed by atoms with Crippen LogP contribution < -0.4 is 10.6 Å². The van der Waals surface area contributed by atoms with Crippen molar-refractivity contribution in [3.63, 3.8) is 0 Å². The first kappa shape index (κ1) is 13.2. The molecule has 0 amide bonds. The second kappa shape index (κ2) is 5.27. The molecule has 100 valence electrons. The van der Waals surface area contributed by atoms with Gasteiger partial charge in [-0.1, -0.05) is 15.9 Å². The molecule has 1 aromatic carbocycles. The van der Waals surface area contributed by atoms with Crippen molar-refractivity contribution in [1.82, 2.24) is 0 Å². The van der Waals surface area contributed by atoms with E-state index in [0.717, 1.165) is 17.4 Å². The molecule has 3 rings (SSSR count). The predicted molar refractivity (Wildman–Crippen MR) is 85.8 cm³/mol. The lowest BCUT2D eigenvalue weighted by Gasteiger charge is -2.36. The van der Waals surface area contributed by atoms with Gasteiger partial charge in [0.2, 0.25) is 0 Å². The van der Waals surface area contributed by atoms with Crippen molar-refractivity contribution >= 4 is 33.0 Å². The summed E-state index contributed by atoms with van der Waals surface area (Å²) in [6.07, 6.45) is 1.14. The summed E-state index contributed by atoms with van der Waals surface area (Å²) in [6, 6.07) is 9.19. The van der Waals surface area contributed by atoms with Crippen molar-refractivity contribution in [2.24, 2.45) is 5.73 Å². The maximum absolute atomic E-state index is 5.77. The van der Waals surface area contributed by atoms with Gasteiger partial charge < -0.3 is 10.6 Å². The molecule has 0 radical (unpaired) electrons. The Balaban J connectivity index is 1.97. The molecule has 0 bridgehead atoms. The van der Waals surface area contributed by atoms with Gasteiger partial charge in [-0.2, -0.15) is 0 Å². The standard InChI is InChI=1S/C15H17BrN2S/c1-10-14-3-5-19-15(14)2-4-18(10)13-7-11(9-17)6-12(16)8-13/h3,5-8,10H,2,4,9,17H2,1H3. The topological polar surface area (TPSA) is 29.3 Å². The van der Waals surface area contributed by atoms with E-state index in [-0.39, 0.29) is 0 Å². The molecule has 0 saturated heterocycles. The number of nitrogens with two attached hydrogens (primary N) is 1. The lowest BCUT2D eigenvalue weighted by atomic mass is 10.0. The van der Waals surface area contributed by atoms with Crippen LogP contribution in [0.5, 0.6) is 0 Å². The molecule has 0 aliphatic carbocycles. The van der Waals surface area contributed by atoms with Crippen molar-refractivity contribution in [3.8, 4) is 0 Å². The zero-order valence-electron chi connectivity index (χ0n) is 10.9. The van der Waals surface area contributed by atoms with E-state index in [1.165, 1.54) is 21.7 Å². The molecular weight excluding hydrogens is 320 g/mol. The Morgan fingerprint density at radius 2 is 2.26 bits per heavy atom. The van der Waals surface area contributed by atoms with Crippen LogP contribution in [-0.4, -0.2) is 6.54 Å². The largest absolute Gasteiger partial charge is 0.364 e. The smallest absolute Gasteiger partial charge is 0.0525 e. The lowest BCUT2D eigenvalue weighted by molar-refractivity contribution is 0.632. The minimum atomic E-state index is 0.440. The van der Waals surface area contributed by atoms with E-state index in [9.17, 15) is 0 Å². The molecule has 1 aliphatic heterocycles. The second-order valence-electron chi connectivity index (χ2n) is 4.94. The van der Waals surface area contributed by atoms with Crippen LogP contribution in [-0.2, 0) is 13.0 Å². The van der Waals surface area contributed by atoms with Crippen molar-refractivity contribution in [1.29, 1.82) is 0 Å². The third kappa shape index (κ3) is 2.45. The van der Waals surface area contributed by atoms with E-state index in [1.807, 2.05) is 11.3 Å². The van der Waals surface area contributed by atoms with Gasteiger partial charge in [0.05, 0.1) is 6.04 Å². The van der Waals surface area contributed by atoms with Crippen LogP contribution in [0, 0.1) is 0 Å². The van der Waals surface area contributed by atoms with Gasteiger partial charge in [0, 0.05) is 28.1 Å². The molecule has 0 fully saturated rings. The first-order valence-electron chi connectivity index (χ1n) is 6.51. The minimum absolute atomic E-state index is 0.440. The minimum Gasteiger partial charge on any atom is -0.364 e. The Morgan fingerprint density at radius 3 is 3.05 bits per heavy atom. The maximum atomic E-state index is 5.77. The summed E-state index contributed by atoms with van der Waals surface area (Å²) >= 11 is 5.47. The molecule has 1 aromatic heterocycles. The summed E-state index contributed by atoms with van der Waals surface area (Å²) in [5.74, 6) is 0. The summed E-state index contributed by atoms with van der Waals surface area (Å²) < 4.78 is 1.11. The molecule has 2 aromatic rings. The Bertz CT molecular complexity index is 594. The molecule has 1 unspecified atom stereocenters. The molecule has 2 heterocycles. The Morgan fingerprint density at radius 1 is 1.42 bits per heavy atom. The molecule has 0 spiro atoms. The Hall–Kier alpha value is -0.840. The zero-order valence-corrected chi connectivity index (χ0v) is 13.3. The SMILES string of the molecule is CC1c2ccsc2CCN1c1cc(Br)cc(CN)c1. The van der Waals surface area contributed by atoms with Crippen molar-refractivity contribution in [2.45, 2.75) is 25.9 Å². The molecule has 4 heteroatoms. The van der Waals surface area contributed by atoms with E-state index in [0.29, 0.717) is 12.6 Å². The lowest BCUT2D eigenvalue weighted by Crippen LogP contribution is -2.33. The van der Waals surface area contributed by atoms with Crippen molar-refractivity contribution < 1.29 is 0 Å². The van der Waals surface area contributed by atoms with E-state index >= 15 is 0 Å². The Labute approximate surface area is 126 Å². The highest BCUT2D eigenvalue weighted by molar-refractivity contribution is 9.10. The molecule has 1 aliphatic rings. The molecule has 2 N–H and O–H groups in total. The van der Waals surface area contributed by atoms with Gasteiger partial charge in [0.15, 0.2) is 0 Å². The van der Waals surface area contributed by atoms with Crippen LogP contribution in [0.1, 0.15) is 29.0 Å². The number of hydrogen-bond acceptors (Lipinski definition) is 3. The fourth-order valence-corrected chi connectivity index (χ4v) is 4.27. The van der Waals surface area contributed by atoms with Crippen LogP contribution in [0.3, 0.4) is 0 Å². The quantitative estimate of drug-likeness (QED) is 0.894. The highest BCUT2D eigenvalue weighted by Gasteiger charge is 2.25. The van der Waals surface area contributed by atoms with Crippen LogP contribution in [0.15, 0.2) is 34.1 Å². The van der Waals surface area contributed by atoms with E-state index < -0.39 is 0 Å². The third-order valence-electron chi connectivity index (χ3n) is 3.79. The van der Waals surface area contributed by atoms with Crippen LogP contribution in [0.25, 0.3) is 0 Å². The number of hydrogen-bond donors (Lipinski definition) is 1. The average Bonchev–Trinajstić information content (AvgIpc) is 2.87. The van der Waals surface area contributed by atoms with Gasteiger partial charge in [-0.3, -0.25) is 0 Å². The number of anilines is 1. The first-order valence-corrected chi connectivity index (χ1v) is 8.18. The monoisotopic (exact) mass is 336 g/mol. The normalized spacial score (nSPS) is 18.5. The number of thiophene rings is 1. The van der Waals surface area contributed by atoms with Crippen molar-refractivity contribution in [2.75, 3.05) is 11.4 Å². The summed E-state index contributed by atoms with van der Waals surface area (Å²) in [6.45, 7) is 3.95. The molecule has 2 nitrogen and oxygen atoms in total. The van der Waals surface area contributed by atoms with Gasteiger partial charge in [-0.15, -0.1) is 11.3 Å². The maximum Gasteiger partial charge on any atom is 0.0525 e. The summed E-state index contributed by atoms with van der Waals surface area (Å²) in [5, 5.41) is 2.21. The molecule has 19 heavy (non-hydrogen) atoms. The predicted octanol–water partition coefficient (Wildman–Crippen LogP) is 4.09. The van der Waals surface area contributed by atoms with E-state index in [1.54, 1.807) is 0 Å².